The van der Waals surface area contributed by atoms with Gasteiger partial charge >= 0.3 is 0 Å². The topological polar surface area (TPSA) is 68.6 Å². The molecule has 1 fully saturated rings. The van der Waals surface area contributed by atoms with Gasteiger partial charge in [-0.05, 0) is 43.0 Å². The van der Waals surface area contributed by atoms with E-state index in [1.54, 1.807) is 6.20 Å². The predicted molar refractivity (Wildman–Crippen MR) is 113 cm³/mol. The molecule has 0 saturated carbocycles. The first-order chi connectivity index (χ1) is 14.7. The lowest BCUT2D eigenvalue weighted by Crippen LogP contribution is -2.41. The third-order valence-electron chi connectivity index (χ3n) is 5.72. The van der Waals surface area contributed by atoms with Gasteiger partial charge in [-0.1, -0.05) is 18.1 Å². The van der Waals surface area contributed by atoms with Crippen LogP contribution in [-0.2, 0) is 24.2 Å². The van der Waals surface area contributed by atoms with E-state index in [9.17, 15) is 4.79 Å². The Kier molecular flexibility index (Phi) is 6.67. The summed E-state index contributed by atoms with van der Waals surface area (Å²) in [7, 11) is 0. The first-order valence-electron chi connectivity index (χ1n) is 10.5. The zero-order valence-corrected chi connectivity index (χ0v) is 17.2. The molecule has 1 amide bonds. The molecular formula is C23H28N4O3. The van der Waals surface area contributed by atoms with Crippen LogP contribution in [0.1, 0.15) is 28.0 Å². The normalized spacial score (nSPS) is 18.5. The van der Waals surface area contributed by atoms with Crippen LogP contribution in [0.15, 0.2) is 30.5 Å². The van der Waals surface area contributed by atoms with Gasteiger partial charge in [0.15, 0.2) is 0 Å². The lowest BCUT2D eigenvalue weighted by Gasteiger charge is -2.28. The van der Waals surface area contributed by atoms with Crippen molar-refractivity contribution in [1.82, 2.24) is 20.0 Å². The number of nitrogens with zero attached hydrogens (tertiary/aromatic N) is 3. The summed E-state index contributed by atoms with van der Waals surface area (Å²) in [6, 6.07) is 7.98. The number of ether oxygens (including phenoxy) is 2. The number of morpholine rings is 1. The molecule has 0 bridgehead atoms. The maximum atomic E-state index is 12.9. The molecule has 158 valence electrons. The van der Waals surface area contributed by atoms with Crippen molar-refractivity contribution in [2.75, 3.05) is 39.5 Å². The summed E-state index contributed by atoms with van der Waals surface area (Å²) in [5.74, 6) is 3.83. The molecular weight excluding hydrogens is 380 g/mol. The van der Waals surface area contributed by atoms with Crippen LogP contribution in [0.25, 0.3) is 0 Å². The van der Waals surface area contributed by atoms with E-state index in [0.717, 1.165) is 49.5 Å². The molecule has 0 spiro atoms. The predicted octanol–water partition coefficient (Wildman–Crippen LogP) is 1.72. The number of nitrogens with one attached hydrogen (secondary N) is 1. The van der Waals surface area contributed by atoms with E-state index in [1.807, 2.05) is 33.8 Å². The Bertz CT molecular complexity index is 894. The van der Waals surface area contributed by atoms with Crippen LogP contribution in [0.3, 0.4) is 0 Å². The molecule has 0 aliphatic carbocycles. The van der Waals surface area contributed by atoms with Crippen molar-refractivity contribution in [2.24, 2.45) is 5.92 Å². The summed E-state index contributed by atoms with van der Waals surface area (Å²) < 4.78 is 12.8. The van der Waals surface area contributed by atoms with E-state index in [2.05, 4.69) is 16.3 Å². The van der Waals surface area contributed by atoms with Gasteiger partial charge in [-0.2, -0.15) is 5.10 Å². The number of rotatable bonds is 7. The van der Waals surface area contributed by atoms with Gasteiger partial charge in [-0.15, -0.1) is 6.42 Å². The van der Waals surface area contributed by atoms with Crippen LogP contribution in [0.4, 0.5) is 0 Å². The standard InChI is InChI=1S/C23H28N4O3/c1-2-11-30-20-5-3-18(4-6-20)15-24-16-19-7-8-27-22(14-19)21(17-25-27)23(28)26-9-12-29-13-10-26/h1,3-6,17,19,24H,7-16H2/t19-/m0/s1. The number of carbonyl (C=O) groups excluding carboxylic acids is 1. The summed E-state index contributed by atoms with van der Waals surface area (Å²) in [6.45, 7) is 5.38. The highest BCUT2D eigenvalue weighted by Gasteiger charge is 2.28. The molecule has 30 heavy (non-hydrogen) atoms. The summed E-state index contributed by atoms with van der Waals surface area (Å²) in [5.41, 5.74) is 3.02. The fraction of sp³-hybridized carbons (Fsp3) is 0.478. The lowest BCUT2D eigenvalue weighted by molar-refractivity contribution is 0.0301. The first-order valence-corrected chi connectivity index (χ1v) is 10.5. The number of hydrogen-bond donors (Lipinski definition) is 1. The third-order valence-corrected chi connectivity index (χ3v) is 5.72. The molecule has 2 aliphatic heterocycles. The van der Waals surface area contributed by atoms with Crippen molar-refractivity contribution in [2.45, 2.75) is 25.9 Å². The van der Waals surface area contributed by atoms with E-state index < -0.39 is 0 Å². The Morgan fingerprint density at radius 2 is 2.07 bits per heavy atom. The van der Waals surface area contributed by atoms with Crippen LogP contribution in [-0.4, -0.2) is 60.0 Å². The highest BCUT2D eigenvalue weighted by atomic mass is 16.5. The average molecular weight is 409 g/mol. The second kappa shape index (κ2) is 9.79. The van der Waals surface area contributed by atoms with Crippen LogP contribution in [0.5, 0.6) is 5.75 Å². The summed E-state index contributed by atoms with van der Waals surface area (Å²) >= 11 is 0. The Labute approximate surface area is 177 Å². The van der Waals surface area contributed by atoms with Gasteiger partial charge in [0.2, 0.25) is 0 Å². The lowest BCUT2D eigenvalue weighted by atomic mass is 9.94. The molecule has 1 aromatic heterocycles. The number of carbonyl (C=O) groups is 1. The van der Waals surface area contributed by atoms with Gasteiger partial charge in [0, 0.05) is 26.2 Å². The largest absolute Gasteiger partial charge is 0.481 e. The molecule has 1 atom stereocenters. The molecule has 1 saturated heterocycles. The Morgan fingerprint density at radius 1 is 1.27 bits per heavy atom. The van der Waals surface area contributed by atoms with Crippen LogP contribution in [0, 0.1) is 18.3 Å². The van der Waals surface area contributed by atoms with E-state index in [-0.39, 0.29) is 12.5 Å². The Hall–Kier alpha value is -2.82. The molecule has 1 aromatic carbocycles. The summed E-state index contributed by atoms with van der Waals surface area (Å²) in [4.78, 5) is 14.8. The Morgan fingerprint density at radius 3 is 2.83 bits per heavy atom. The second-order valence-electron chi connectivity index (χ2n) is 7.76. The van der Waals surface area contributed by atoms with Crippen molar-refractivity contribution >= 4 is 5.91 Å². The van der Waals surface area contributed by atoms with Gasteiger partial charge in [0.05, 0.1) is 30.7 Å². The van der Waals surface area contributed by atoms with Crippen molar-refractivity contribution in [3.63, 3.8) is 0 Å². The number of aryl methyl sites for hydroxylation is 1. The minimum Gasteiger partial charge on any atom is -0.481 e. The fourth-order valence-electron chi connectivity index (χ4n) is 4.04. The summed E-state index contributed by atoms with van der Waals surface area (Å²) in [5, 5.41) is 8.01. The van der Waals surface area contributed by atoms with Crippen LogP contribution >= 0.6 is 0 Å². The quantitative estimate of drug-likeness (QED) is 0.707. The molecule has 7 nitrogen and oxygen atoms in total. The van der Waals surface area contributed by atoms with E-state index in [1.165, 1.54) is 5.56 Å². The molecule has 2 aromatic rings. The van der Waals surface area contributed by atoms with E-state index in [0.29, 0.717) is 32.2 Å². The molecule has 1 N–H and O–H groups in total. The van der Waals surface area contributed by atoms with Crippen molar-refractivity contribution in [3.8, 4) is 18.1 Å². The van der Waals surface area contributed by atoms with E-state index in [4.69, 9.17) is 15.9 Å². The van der Waals surface area contributed by atoms with Gasteiger partial charge in [-0.25, -0.2) is 0 Å². The number of hydrogen-bond acceptors (Lipinski definition) is 5. The molecule has 7 heteroatoms. The number of fused-ring (bicyclic) bond motifs is 1. The maximum Gasteiger partial charge on any atom is 0.257 e. The molecule has 4 rings (SSSR count). The van der Waals surface area contributed by atoms with Gasteiger partial charge in [0.25, 0.3) is 5.91 Å². The highest BCUT2D eigenvalue weighted by molar-refractivity contribution is 5.95. The van der Waals surface area contributed by atoms with Crippen LogP contribution in [0.2, 0.25) is 0 Å². The fourth-order valence-corrected chi connectivity index (χ4v) is 4.04. The van der Waals surface area contributed by atoms with Crippen LogP contribution < -0.4 is 10.1 Å². The van der Waals surface area contributed by atoms with Gasteiger partial charge < -0.3 is 19.7 Å². The Balaban J connectivity index is 1.29. The zero-order valence-electron chi connectivity index (χ0n) is 17.2. The monoisotopic (exact) mass is 408 g/mol. The highest BCUT2D eigenvalue weighted by Crippen LogP contribution is 2.24. The molecule has 3 heterocycles. The van der Waals surface area contributed by atoms with Gasteiger partial charge in [0.1, 0.15) is 12.4 Å². The zero-order chi connectivity index (χ0) is 20.8. The van der Waals surface area contributed by atoms with Crippen molar-refractivity contribution in [1.29, 1.82) is 0 Å². The first kappa shape index (κ1) is 20.5. The van der Waals surface area contributed by atoms with Crippen molar-refractivity contribution < 1.29 is 14.3 Å². The minimum atomic E-state index is 0.0836. The number of benzene rings is 1. The maximum absolute atomic E-state index is 12.9. The summed E-state index contributed by atoms with van der Waals surface area (Å²) in [6.07, 6.45) is 8.89. The smallest absolute Gasteiger partial charge is 0.257 e. The molecule has 0 unspecified atom stereocenters. The van der Waals surface area contributed by atoms with Crippen molar-refractivity contribution in [3.05, 3.63) is 47.3 Å². The number of aromatic nitrogens is 2. The number of terminal acetylenes is 1. The molecule has 2 aliphatic rings. The van der Waals surface area contributed by atoms with Gasteiger partial charge in [-0.3, -0.25) is 9.48 Å². The molecule has 0 radical (unpaired) electrons. The third kappa shape index (κ3) is 4.84. The minimum absolute atomic E-state index is 0.0836. The second-order valence-corrected chi connectivity index (χ2v) is 7.76. The van der Waals surface area contributed by atoms with E-state index >= 15 is 0 Å². The number of amides is 1. The SMILES string of the molecule is C#CCOc1ccc(CNC[C@H]2CCn3ncc(C(=O)N4CCOCC4)c3C2)cc1. The average Bonchev–Trinajstić information content (AvgIpc) is 3.22.